The molecule has 204 valence electrons. The van der Waals surface area contributed by atoms with Crippen LogP contribution in [0.5, 0.6) is 0 Å². The van der Waals surface area contributed by atoms with Crippen LogP contribution in [0.15, 0.2) is 69.0 Å². The first-order valence-electron chi connectivity index (χ1n) is 11.0. The topological polar surface area (TPSA) is 237 Å². The maximum absolute atomic E-state index is 12.5. The minimum atomic E-state index is -4.43. The molecule has 39 heavy (non-hydrogen) atoms. The number of halogens is 3. The van der Waals surface area contributed by atoms with Crippen LogP contribution in [-0.4, -0.2) is 33.0 Å². The number of azo groups is 2. The summed E-state index contributed by atoms with van der Waals surface area (Å²) in [7, 11) is 0. The molecule has 0 fully saturated rings. The second-order valence-electron chi connectivity index (χ2n) is 7.46. The lowest BCUT2D eigenvalue weighted by atomic mass is 10.2. The molecular formula is C22H23F3N12O2. The van der Waals surface area contributed by atoms with Crippen molar-refractivity contribution in [2.75, 3.05) is 29.5 Å². The summed E-state index contributed by atoms with van der Waals surface area (Å²) < 4.78 is 42.4. The first-order chi connectivity index (χ1) is 18.5. The van der Waals surface area contributed by atoms with Gasteiger partial charge in [-0.3, -0.25) is 10.2 Å². The molecule has 14 nitrogen and oxygen atoms in total. The van der Waals surface area contributed by atoms with E-state index in [0.29, 0.717) is 17.9 Å². The standard InChI is InChI=1S/C12H14N6O2.C10H9F3N6/c1-2-20-12(19)7-4-3-5-8(6-7)15-16-9-10(13)17-18-11(9)14;11-10(12,13)5-2-1-3-6(4-5)16-17-7-8(14)18-19-9(7)15/h3-6H,2H2,1H3,(H5,13,14,17,18);1-4H,(H5,14,15,18,19). The molecule has 0 saturated heterocycles. The smallest absolute Gasteiger partial charge is 0.416 e. The van der Waals surface area contributed by atoms with Crippen molar-refractivity contribution in [2.24, 2.45) is 20.5 Å². The van der Waals surface area contributed by atoms with Crippen LogP contribution in [-0.2, 0) is 10.9 Å². The van der Waals surface area contributed by atoms with Crippen LogP contribution < -0.4 is 22.9 Å². The second kappa shape index (κ2) is 12.2. The van der Waals surface area contributed by atoms with E-state index in [1.165, 1.54) is 12.1 Å². The molecule has 0 saturated carbocycles. The molecule has 4 rings (SSSR count). The number of nitrogens with one attached hydrogen (secondary N) is 2. The van der Waals surface area contributed by atoms with Gasteiger partial charge in [0.05, 0.1) is 29.1 Å². The van der Waals surface area contributed by atoms with Crippen molar-refractivity contribution in [3.8, 4) is 0 Å². The van der Waals surface area contributed by atoms with Crippen LogP contribution >= 0.6 is 0 Å². The van der Waals surface area contributed by atoms with Gasteiger partial charge in [-0.15, -0.1) is 10.2 Å². The third-order valence-corrected chi connectivity index (χ3v) is 4.65. The van der Waals surface area contributed by atoms with E-state index in [9.17, 15) is 18.0 Å². The molecule has 2 heterocycles. The van der Waals surface area contributed by atoms with E-state index in [1.807, 2.05) is 0 Å². The number of ether oxygens (including phenoxy) is 1. The molecule has 0 unspecified atom stereocenters. The predicted octanol–water partition coefficient (Wildman–Crippen LogP) is 5.17. The summed E-state index contributed by atoms with van der Waals surface area (Å²) >= 11 is 0. The number of anilines is 4. The summed E-state index contributed by atoms with van der Waals surface area (Å²) in [6.07, 6.45) is -4.43. The molecule has 0 aliphatic rings. The largest absolute Gasteiger partial charge is 0.462 e. The highest BCUT2D eigenvalue weighted by Crippen LogP contribution is 2.33. The SMILES string of the molecule is CCOC(=O)c1cccc(N=Nc2c(N)n[nH]c2N)c1.Nc1n[nH]c(N)c1N=Nc1cccc(C(F)(F)F)c1. The van der Waals surface area contributed by atoms with Gasteiger partial charge >= 0.3 is 12.1 Å². The number of esters is 1. The Kier molecular flexibility index (Phi) is 8.77. The molecule has 10 N–H and O–H groups in total. The first kappa shape index (κ1) is 28.1. The third kappa shape index (κ3) is 7.51. The van der Waals surface area contributed by atoms with Crippen molar-refractivity contribution in [3.05, 3.63) is 59.7 Å². The minimum Gasteiger partial charge on any atom is -0.462 e. The van der Waals surface area contributed by atoms with E-state index < -0.39 is 17.7 Å². The van der Waals surface area contributed by atoms with Crippen LogP contribution in [0, 0.1) is 0 Å². The minimum absolute atomic E-state index is 0.0215. The van der Waals surface area contributed by atoms with E-state index in [2.05, 4.69) is 40.9 Å². The highest BCUT2D eigenvalue weighted by atomic mass is 19.4. The molecule has 0 amide bonds. The zero-order valence-electron chi connectivity index (χ0n) is 20.3. The maximum atomic E-state index is 12.5. The lowest BCUT2D eigenvalue weighted by Crippen LogP contribution is -2.03. The van der Waals surface area contributed by atoms with Gasteiger partial charge in [0.1, 0.15) is 11.6 Å². The molecule has 2 aromatic heterocycles. The van der Waals surface area contributed by atoms with Gasteiger partial charge < -0.3 is 27.7 Å². The van der Waals surface area contributed by atoms with Crippen LogP contribution in [0.4, 0.5) is 59.2 Å². The van der Waals surface area contributed by atoms with Gasteiger partial charge in [0.15, 0.2) is 23.0 Å². The van der Waals surface area contributed by atoms with Gasteiger partial charge in [0.2, 0.25) is 0 Å². The quantitative estimate of drug-likeness (QED) is 0.139. The van der Waals surface area contributed by atoms with Crippen LogP contribution in [0.1, 0.15) is 22.8 Å². The number of alkyl halides is 3. The third-order valence-electron chi connectivity index (χ3n) is 4.65. The molecule has 0 radical (unpaired) electrons. The summed E-state index contributed by atoms with van der Waals surface area (Å²) in [6, 6.07) is 11.0. The Labute approximate surface area is 218 Å². The monoisotopic (exact) mass is 544 g/mol. The Morgan fingerprint density at radius 2 is 1.36 bits per heavy atom. The number of aromatic amines is 2. The first-order valence-corrected chi connectivity index (χ1v) is 11.0. The summed E-state index contributed by atoms with van der Waals surface area (Å²) in [6.45, 7) is 2.05. The van der Waals surface area contributed by atoms with Crippen molar-refractivity contribution in [2.45, 2.75) is 13.1 Å². The van der Waals surface area contributed by atoms with E-state index >= 15 is 0 Å². The molecule has 0 spiro atoms. The number of rotatable bonds is 6. The van der Waals surface area contributed by atoms with Crippen LogP contribution in [0.3, 0.4) is 0 Å². The number of nitrogen functional groups attached to an aromatic ring is 4. The Balaban J connectivity index is 0.000000216. The van der Waals surface area contributed by atoms with E-state index in [0.717, 1.165) is 12.1 Å². The number of aromatic nitrogens is 4. The van der Waals surface area contributed by atoms with Crippen molar-refractivity contribution in [1.29, 1.82) is 0 Å². The molecule has 0 aliphatic heterocycles. The van der Waals surface area contributed by atoms with Crippen LogP contribution in [0.2, 0.25) is 0 Å². The average Bonchev–Trinajstić information content (AvgIpc) is 3.40. The van der Waals surface area contributed by atoms with Crippen LogP contribution in [0.25, 0.3) is 0 Å². The number of carbonyl (C=O) groups is 1. The zero-order chi connectivity index (χ0) is 28.6. The lowest BCUT2D eigenvalue weighted by molar-refractivity contribution is -0.137. The van der Waals surface area contributed by atoms with Gasteiger partial charge in [-0.2, -0.15) is 33.6 Å². The van der Waals surface area contributed by atoms with Crippen molar-refractivity contribution < 1.29 is 22.7 Å². The van der Waals surface area contributed by atoms with Crippen molar-refractivity contribution in [3.63, 3.8) is 0 Å². The lowest BCUT2D eigenvalue weighted by Gasteiger charge is -2.05. The van der Waals surface area contributed by atoms with Gasteiger partial charge in [-0.1, -0.05) is 12.1 Å². The highest BCUT2D eigenvalue weighted by Gasteiger charge is 2.30. The molecular weight excluding hydrogens is 521 g/mol. The van der Waals surface area contributed by atoms with Gasteiger partial charge in [-0.05, 0) is 43.3 Å². The number of hydrogen-bond acceptors (Lipinski definition) is 12. The van der Waals surface area contributed by atoms with Crippen molar-refractivity contribution >= 4 is 52.0 Å². The zero-order valence-corrected chi connectivity index (χ0v) is 20.3. The maximum Gasteiger partial charge on any atom is 0.416 e. The molecule has 2 aromatic carbocycles. The fraction of sp³-hybridized carbons (Fsp3) is 0.136. The highest BCUT2D eigenvalue weighted by molar-refractivity contribution is 5.90. The molecule has 0 aliphatic carbocycles. The summed E-state index contributed by atoms with van der Waals surface area (Å²) in [4.78, 5) is 11.6. The molecule has 4 aromatic rings. The Bertz CT molecular complexity index is 1450. The average molecular weight is 545 g/mol. The fourth-order valence-corrected chi connectivity index (χ4v) is 2.81. The summed E-state index contributed by atoms with van der Waals surface area (Å²) in [5.74, 6) is 0.0916. The number of benzene rings is 2. The normalized spacial score (nSPS) is 11.5. The van der Waals surface area contributed by atoms with E-state index in [-0.39, 0.29) is 40.3 Å². The van der Waals surface area contributed by atoms with Crippen molar-refractivity contribution in [1.82, 2.24) is 20.4 Å². The Hall–Kier alpha value is -5.48. The Morgan fingerprint density at radius 3 is 1.82 bits per heavy atom. The second-order valence-corrected chi connectivity index (χ2v) is 7.46. The number of carbonyl (C=O) groups excluding carboxylic acids is 1. The summed E-state index contributed by atoms with van der Waals surface area (Å²) in [5, 5.41) is 27.4. The number of nitrogens with zero attached hydrogens (tertiary/aromatic N) is 6. The van der Waals surface area contributed by atoms with Gasteiger partial charge in [0, 0.05) is 0 Å². The summed E-state index contributed by atoms with van der Waals surface area (Å²) in [5.41, 5.74) is 22.6. The van der Waals surface area contributed by atoms with Gasteiger partial charge in [-0.25, -0.2) is 4.79 Å². The molecule has 17 heteroatoms. The molecule has 0 bridgehead atoms. The predicted molar refractivity (Wildman–Crippen MR) is 137 cm³/mol. The number of H-pyrrole nitrogens is 2. The Morgan fingerprint density at radius 1 is 0.846 bits per heavy atom. The fourth-order valence-electron chi connectivity index (χ4n) is 2.81. The number of hydrogen-bond donors (Lipinski definition) is 6. The molecule has 0 atom stereocenters. The van der Waals surface area contributed by atoms with E-state index in [1.54, 1.807) is 31.2 Å². The van der Waals surface area contributed by atoms with Gasteiger partial charge in [0.25, 0.3) is 0 Å². The van der Waals surface area contributed by atoms with E-state index in [4.69, 9.17) is 27.7 Å². The number of nitrogens with two attached hydrogens (primary N) is 4.